The average Bonchev–Trinajstić information content (AvgIpc) is 3.44. The van der Waals surface area contributed by atoms with Crippen LogP contribution in [0.2, 0.25) is 0 Å². The normalized spacial score (nSPS) is 12.2. The lowest BCUT2D eigenvalue weighted by Crippen LogP contribution is -2.30. The van der Waals surface area contributed by atoms with E-state index in [1.807, 2.05) is 0 Å². The summed E-state index contributed by atoms with van der Waals surface area (Å²) in [4.78, 5) is 38.4. The molecule has 6 heteroatoms. The minimum absolute atomic E-state index is 0.0682. The molecule has 0 radical (unpaired) electrons. The minimum atomic E-state index is -0.772. The SMILES string of the molecule is CCCCCCC/C=C\C/C=C\CCCCCCCCCCCCCCCCCC(=O)OCC(COC(=O)CCCCCCCCCCCCCCCCCC)OC(=O)CCCCCCCCC/C=C\CCCCCCCC. The highest BCUT2D eigenvalue weighted by Gasteiger charge is 2.19. The summed E-state index contributed by atoms with van der Waals surface area (Å²) in [6, 6.07) is 0. The Kier molecular flexibility index (Phi) is 65.1. The number of allylic oxidation sites excluding steroid dienone is 6. The van der Waals surface area contributed by atoms with Gasteiger partial charge in [0.25, 0.3) is 0 Å². The summed E-state index contributed by atoms with van der Waals surface area (Å²) in [6.07, 6.45) is 83.1. The van der Waals surface area contributed by atoms with Crippen molar-refractivity contribution in [3.8, 4) is 0 Å². The van der Waals surface area contributed by atoms with Crippen molar-refractivity contribution in [3.05, 3.63) is 36.5 Å². The Morgan fingerprint density at radius 2 is 0.462 bits per heavy atom. The fraction of sp³-hybridized carbons (Fsp3) is 0.875. The average molecular weight is 1100 g/mol. The lowest BCUT2D eigenvalue weighted by atomic mass is 10.0. The first-order chi connectivity index (χ1) is 38.5. The van der Waals surface area contributed by atoms with E-state index >= 15 is 0 Å². The van der Waals surface area contributed by atoms with Crippen LogP contribution in [0.4, 0.5) is 0 Å². The Hall–Kier alpha value is -2.37. The van der Waals surface area contributed by atoms with Crippen molar-refractivity contribution in [2.75, 3.05) is 13.2 Å². The van der Waals surface area contributed by atoms with Gasteiger partial charge in [-0.1, -0.05) is 327 Å². The van der Waals surface area contributed by atoms with Crippen molar-refractivity contribution in [2.24, 2.45) is 0 Å². The second-order valence-electron chi connectivity index (χ2n) is 23.8. The Morgan fingerprint density at radius 3 is 0.718 bits per heavy atom. The van der Waals surface area contributed by atoms with Crippen molar-refractivity contribution < 1.29 is 28.6 Å². The molecule has 0 aromatic heterocycles. The van der Waals surface area contributed by atoms with E-state index in [4.69, 9.17) is 14.2 Å². The number of ether oxygens (including phenoxy) is 3. The van der Waals surface area contributed by atoms with E-state index in [-0.39, 0.29) is 31.1 Å². The van der Waals surface area contributed by atoms with E-state index in [0.29, 0.717) is 19.3 Å². The molecular weight excluding hydrogens is 961 g/mol. The second kappa shape index (κ2) is 67.1. The van der Waals surface area contributed by atoms with Gasteiger partial charge in [-0.2, -0.15) is 0 Å². The number of hydrogen-bond acceptors (Lipinski definition) is 6. The highest BCUT2D eigenvalue weighted by molar-refractivity contribution is 5.71. The number of esters is 3. The maximum atomic E-state index is 12.9. The van der Waals surface area contributed by atoms with Gasteiger partial charge in [-0.3, -0.25) is 14.4 Å². The molecule has 0 aliphatic heterocycles. The topological polar surface area (TPSA) is 78.9 Å². The number of carbonyl (C=O) groups is 3. The number of rotatable bonds is 65. The Bertz CT molecular complexity index is 1300. The molecule has 0 saturated carbocycles. The molecule has 0 heterocycles. The monoisotopic (exact) mass is 1100 g/mol. The van der Waals surface area contributed by atoms with Crippen LogP contribution in [-0.4, -0.2) is 37.2 Å². The Balaban J connectivity index is 4.24. The molecule has 0 amide bonds. The third kappa shape index (κ3) is 64.5. The van der Waals surface area contributed by atoms with Crippen molar-refractivity contribution in [2.45, 2.75) is 393 Å². The zero-order valence-corrected chi connectivity index (χ0v) is 52.7. The molecule has 0 fully saturated rings. The lowest BCUT2D eigenvalue weighted by Gasteiger charge is -2.18. The predicted octanol–water partition coefficient (Wildman–Crippen LogP) is 23.9. The fourth-order valence-electron chi connectivity index (χ4n) is 10.6. The first kappa shape index (κ1) is 75.6. The summed E-state index contributed by atoms with van der Waals surface area (Å²) >= 11 is 0. The van der Waals surface area contributed by atoms with Crippen LogP contribution in [0.3, 0.4) is 0 Å². The summed E-state index contributed by atoms with van der Waals surface area (Å²) < 4.78 is 17.0. The van der Waals surface area contributed by atoms with Gasteiger partial charge in [-0.25, -0.2) is 0 Å². The number of hydrogen-bond donors (Lipinski definition) is 0. The van der Waals surface area contributed by atoms with Crippen LogP contribution >= 0.6 is 0 Å². The van der Waals surface area contributed by atoms with E-state index in [0.717, 1.165) is 64.2 Å². The smallest absolute Gasteiger partial charge is 0.306 e. The van der Waals surface area contributed by atoms with Crippen LogP contribution in [0.15, 0.2) is 36.5 Å². The van der Waals surface area contributed by atoms with E-state index in [1.165, 1.54) is 283 Å². The van der Waals surface area contributed by atoms with Gasteiger partial charge in [-0.05, 0) is 77.0 Å². The van der Waals surface area contributed by atoms with Gasteiger partial charge in [0.1, 0.15) is 13.2 Å². The van der Waals surface area contributed by atoms with E-state index in [1.54, 1.807) is 0 Å². The first-order valence-corrected chi connectivity index (χ1v) is 35.0. The molecular formula is C72H134O6. The van der Waals surface area contributed by atoms with Crippen molar-refractivity contribution >= 4 is 17.9 Å². The van der Waals surface area contributed by atoms with E-state index in [2.05, 4.69) is 57.2 Å². The van der Waals surface area contributed by atoms with Gasteiger partial charge >= 0.3 is 17.9 Å². The van der Waals surface area contributed by atoms with Crippen molar-refractivity contribution in [3.63, 3.8) is 0 Å². The van der Waals surface area contributed by atoms with Gasteiger partial charge in [0, 0.05) is 19.3 Å². The molecule has 78 heavy (non-hydrogen) atoms. The van der Waals surface area contributed by atoms with Gasteiger partial charge in [0.15, 0.2) is 6.10 Å². The van der Waals surface area contributed by atoms with Gasteiger partial charge in [0.05, 0.1) is 0 Å². The molecule has 1 unspecified atom stereocenters. The summed E-state index contributed by atoms with van der Waals surface area (Å²) in [5.41, 5.74) is 0. The van der Waals surface area contributed by atoms with E-state index in [9.17, 15) is 14.4 Å². The Labute approximate surface area is 486 Å². The maximum Gasteiger partial charge on any atom is 0.306 e. The molecule has 0 N–H and O–H groups in total. The molecule has 0 spiro atoms. The number of carbonyl (C=O) groups excluding carboxylic acids is 3. The van der Waals surface area contributed by atoms with E-state index < -0.39 is 6.10 Å². The van der Waals surface area contributed by atoms with Crippen LogP contribution in [0.1, 0.15) is 387 Å². The van der Waals surface area contributed by atoms with Gasteiger partial charge < -0.3 is 14.2 Å². The third-order valence-corrected chi connectivity index (χ3v) is 15.9. The summed E-state index contributed by atoms with van der Waals surface area (Å²) in [5, 5.41) is 0. The van der Waals surface area contributed by atoms with Crippen LogP contribution in [0.5, 0.6) is 0 Å². The van der Waals surface area contributed by atoms with Gasteiger partial charge in [0.2, 0.25) is 0 Å². The molecule has 0 aliphatic rings. The largest absolute Gasteiger partial charge is 0.462 e. The second-order valence-corrected chi connectivity index (χ2v) is 23.8. The zero-order valence-electron chi connectivity index (χ0n) is 52.7. The molecule has 0 aliphatic carbocycles. The molecule has 458 valence electrons. The lowest BCUT2D eigenvalue weighted by molar-refractivity contribution is -0.167. The molecule has 0 saturated heterocycles. The van der Waals surface area contributed by atoms with Crippen molar-refractivity contribution in [1.29, 1.82) is 0 Å². The summed E-state index contributed by atoms with van der Waals surface area (Å²) in [7, 11) is 0. The van der Waals surface area contributed by atoms with Crippen LogP contribution in [0.25, 0.3) is 0 Å². The van der Waals surface area contributed by atoms with Crippen LogP contribution in [-0.2, 0) is 28.6 Å². The summed E-state index contributed by atoms with van der Waals surface area (Å²) in [6.45, 7) is 6.70. The number of unbranched alkanes of at least 4 members (excludes halogenated alkanes) is 48. The molecule has 0 aromatic carbocycles. The van der Waals surface area contributed by atoms with Crippen molar-refractivity contribution in [1.82, 2.24) is 0 Å². The molecule has 0 rings (SSSR count). The Morgan fingerprint density at radius 1 is 0.256 bits per heavy atom. The highest BCUT2D eigenvalue weighted by atomic mass is 16.6. The van der Waals surface area contributed by atoms with Gasteiger partial charge in [-0.15, -0.1) is 0 Å². The zero-order chi connectivity index (χ0) is 56.4. The predicted molar refractivity (Wildman–Crippen MR) is 339 cm³/mol. The quantitative estimate of drug-likeness (QED) is 0.0261. The standard InChI is InChI=1S/C72H134O6/c1-4-7-10-13-16-19-22-25-28-31-32-33-34-35-36-37-38-39-40-42-44-47-50-53-56-59-62-65-71(74)77-68-69(67-76-70(73)64-61-58-55-52-49-46-43-30-27-24-21-18-15-12-9-6-3)78-72(75)66-63-60-57-54-51-48-45-41-29-26-23-20-17-14-11-8-5-2/h22,25-26,29,31-32,69H,4-21,23-24,27-28,30,33-68H2,1-3H3/b25-22-,29-26-,32-31-. The van der Waals surface area contributed by atoms with Crippen LogP contribution < -0.4 is 0 Å². The molecule has 0 bridgehead atoms. The highest BCUT2D eigenvalue weighted by Crippen LogP contribution is 2.18. The maximum absolute atomic E-state index is 12.9. The van der Waals surface area contributed by atoms with Crippen LogP contribution in [0, 0.1) is 0 Å². The third-order valence-electron chi connectivity index (χ3n) is 15.9. The minimum Gasteiger partial charge on any atom is -0.462 e. The fourth-order valence-corrected chi connectivity index (χ4v) is 10.6. The summed E-state index contributed by atoms with van der Waals surface area (Å²) in [5.74, 6) is -0.844. The molecule has 6 nitrogen and oxygen atoms in total. The molecule has 1 atom stereocenters. The molecule has 0 aromatic rings. The first-order valence-electron chi connectivity index (χ1n) is 35.0.